The zero-order valence-electron chi connectivity index (χ0n) is 7.70. The molecule has 1 rings (SSSR count). The molecule has 0 unspecified atom stereocenters. The van der Waals surface area contributed by atoms with Crippen LogP contribution in [0.4, 0.5) is 0 Å². The van der Waals surface area contributed by atoms with Gasteiger partial charge >= 0.3 is 29.6 Å². The van der Waals surface area contributed by atoms with Crippen molar-refractivity contribution in [2.75, 3.05) is 6.61 Å². The fraction of sp³-hybridized carbons (Fsp3) is 1.00. The quantitative estimate of drug-likeness (QED) is 0.265. The van der Waals surface area contributed by atoms with Crippen LogP contribution in [0, 0.1) is 0 Å². The normalized spacial score (nSPS) is 42.2. The first-order valence-electron chi connectivity index (χ1n) is 3.54. The monoisotopic (exact) mass is 236 g/mol. The summed E-state index contributed by atoms with van der Waals surface area (Å²) in [6.45, 7) is -0.432. The van der Waals surface area contributed by atoms with Gasteiger partial charge in [0.2, 0.25) is 0 Å². The van der Waals surface area contributed by atoms with Crippen LogP contribution in [0.5, 0.6) is 0 Å². The summed E-state index contributed by atoms with van der Waals surface area (Å²) in [4.78, 5) is 0. The van der Waals surface area contributed by atoms with E-state index >= 15 is 0 Å². The molecule has 0 saturated carbocycles. The summed E-state index contributed by atoms with van der Waals surface area (Å²) in [6.07, 6.45) is -4.83. The van der Waals surface area contributed by atoms with E-state index in [1.807, 2.05) is 0 Å². The molecule has 0 radical (unpaired) electrons. The van der Waals surface area contributed by atoms with E-state index in [1.165, 1.54) is 0 Å². The van der Waals surface area contributed by atoms with Gasteiger partial charge in [-0.3, -0.25) is 0 Å². The Hall–Kier alpha value is 1.11. The fourth-order valence-corrected chi connectivity index (χ4v) is 1.37. The Labute approximate surface area is 109 Å². The van der Waals surface area contributed by atoms with Gasteiger partial charge in [-0.1, -0.05) is 0 Å². The van der Waals surface area contributed by atoms with Crippen molar-refractivity contribution in [1.29, 1.82) is 0 Å². The maximum absolute atomic E-state index is 9.18. The summed E-state index contributed by atoms with van der Waals surface area (Å²) in [5.74, 6) is 0. The minimum atomic E-state index is -1.35. The molecule has 0 spiro atoms. The van der Waals surface area contributed by atoms with Crippen LogP contribution >= 0.6 is 0 Å². The van der Waals surface area contributed by atoms with Gasteiger partial charge in [0.15, 0.2) is 0 Å². The van der Waals surface area contributed by atoms with E-state index in [0.29, 0.717) is 0 Å². The van der Waals surface area contributed by atoms with Crippen LogP contribution in [0.2, 0.25) is 0 Å². The third-order valence-electron chi connectivity index (χ3n) is 1.85. The van der Waals surface area contributed by atoms with Gasteiger partial charge in [-0.15, -0.1) is 0 Å². The van der Waals surface area contributed by atoms with Crippen molar-refractivity contribution in [3.63, 3.8) is 0 Å². The Morgan fingerprint density at radius 3 is 2.00 bits per heavy atom. The first-order chi connectivity index (χ1) is 5.57. The van der Waals surface area contributed by atoms with Gasteiger partial charge in [-0.25, -0.2) is 0 Å². The molecule has 6 N–H and O–H groups in total. The maximum Gasteiger partial charge on any atom is 1.00 e. The molecule has 0 aromatic heterocycles. The molecular weight excluding hydrogens is 223 g/mol. The van der Waals surface area contributed by atoms with Gasteiger partial charge in [-0.2, -0.15) is 0 Å². The van der Waals surface area contributed by atoms with Crippen molar-refractivity contribution >= 4 is 12.6 Å². The van der Waals surface area contributed by atoms with E-state index in [-0.39, 0.29) is 35.0 Å². The summed E-state index contributed by atoms with van der Waals surface area (Å²) in [6, 6.07) is 0. The zero-order valence-corrected chi connectivity index (χ0v) is 10.5. The Morgan fingerprint density at radius 2 is 1.57 bits per heavy atom. The molecule has 8 heteroatoms. The first-order valence-corrected chi connectivity index (χ1v) is 4.01. The van der Waals surface area contributed by atoms with E-state index in [4.69, 9.17) is 20.1 Å². The minimum Gasteiger partial charge on any atom is -0.759 e. The zero-order chi connectivity index (χ0) is 9.30. The molecule has 0 bridgehead atoms. The minimum absolute atomic E-state index is 0. The summed E-state index contributed by atoms with van der Waals surface area (Å²) in [7, 11) is 0. The molecule has 1 aliphatic rings. The molecular formula is C6H13NaO6S. The van der Waals surface area contributed by atoms with Crippen molar-refractivity contribution in [1.82, 2.24) is 0 Å². The van der Waals surface area contributed by atoms with Crippen LogP contribution in [0.25, 0.3) is 0 Å². The number of aliphatic hydroxyl groups excluding tert-OH is 4. The third-order valence-corrected chi connectivity index (χ3v) is 2.24. The molecule has 80 valence electrons. The van der Waals surface area contributed by atoms with Crippen molar-refractivity contribution in [2.45, 2.75) is 29.9 Å². The largest absolute Gasteiger partial charge is 1.00 e. The van der Waals surface area contributed by atoms with Crippen LogP contribution in [0.3, 0.4) is 0 Å². The molecule has 0 aliphatic carbocycles. The van der Waals surface area contributed by atoms with Crippen molar-refractivity contribution < 1.29 is 60.2 Å². The summed E-state index contributed by atoms with van der Waals surface area (Å²) < 4.78 is 4.84. The van der Waals surface area contributed by atoms with Crippen LogP contribution in [0.1, 0.15) is 0 Å². The maximum atomic E-state index is 9.18. The van der Waals surface area contributed by atoms with Crippen LogP contribution in [-0.2, 0) is 17.4 Å². The predicted molar refractivity (Wildman–Crippen MR) is 44.7 cm³/mol. The second-order valence-corrected chi connectivity index (χ2v) is 3.16. The molecule has 1 fully saturated rings. The Kier molecular flexibility index (Phi) is 9.24. The molecule has 6 nitrogen and oxygen atoms in total. The number of aliphatic hydroxyl groups is 4. The fourth-order valence-electron chi connectivity index (χ4n) is 1.07. The van der Waals surface area contributed by atoms with Crippen molar-refractivity contribution in [3.05, 3.63) is 0 Å². The predicted octanol–water partition coefficient (Wildman–Crippen LogP) is -6.49. The standard InChI is InChI=1S/C6H12O5S.Na.H2O/c7-1-2-3(8)4(9)5(10)6(12)11-2;;/h2-10,12H,1H2;;1H2/q;+1;/p-1/t2-,3-,4+,5-,6+;;/m1../s1. The molecule has 14 heavy (non-hydrogen) atoms. The van der Waals surface area contributed by atoms with Gasteiger partial charge in [-0.05, 0) is 5.44 Å². The Balaban J connectivity index is 0. The molecule has 0 aromatic carbocycles. The van der Waals surface area contributed by atoms with E-state index in [0.717, 1.165) is 0 Å². The van der Waals surface area contributed by atoms with E-state index < -0.39 is 36.5 Å². The summed E-state index contributed by atoms with van der Waals surface area (Å²) >= 11 is 4.63. The first kappa shape index (κ1) is 17.5. The topological polar surface area (TPSA) is 122 Å². The number of hydrogen-bond donors (Lipinski definition) is 4. The van der Waals surface area contributed by atoms with E-state index in [2.05, 4.69) is 12.6 Å². The Morgan fingerprint density at radius 1 is 1.07 bits per heavy atom. The summed E-state index contributed by atoms with van der Waals surface area (Å²) in [5, 5.41) is 36.1. The molecule has 0 aromatic rings. The Bertz CT molecular complexity index is 157. The molecule has 1 aliphatic heterocycles. The molecule has 5 atom stereocenters. The van der Waals surface area contributed by atoms with E-state index in [9.17, 15) is 5.11 Å². The molecule has 1 saturated heterocycles. The van der Waals surface area contributed by atoms with E-state index in [1.54, 1.807) is 0 Å². The van der Waals surface area contributed by atoms with Crippen molar-refractivity contribution in [3.8, 4) is 0 Å². The van der Waals surface area contributed by atoms with Crippen LogP contribution in [-0.4, -0.2) is 62.4 Å². The van der Waals surface area contributed by atoms with Crippen molar-refractivity contribution in [2.24, 2.45) is 0 Å². The number of rotatable bonds is 1. The van der Waals surface area contributed by atoms with Gasteiger partial charge in [0.25, 0.3) is 0 Å². The second kappa shape index (κ2) is 7.39. The van der Waals surface area contributed by atoms with Gasteiger partial charge in [0.05, 0.1) is 12.7 Å². The number of ether oxygens (including phenoxy) is 1. The average molecular weight is 236 g/mol. The summed E-state index contributed by atoms with van der Waals surface area (Å²) in [5.41, 5.74) is -0.986. The van der Waals surface area contributed by atoms with Crippen LogP contribution in [0.15, 0.2) is 0 Å². The number of hydrogen-bond acceptors (Lipinski definition) is 6. The average Bonchev–Trinajstić information content (AvgIpc) is 2.08. The van der Waals surface area contributed by atoms with Gasteiger partial charge in [0, 0.05) is 0 Å². The van der Waals surface area contributed by atoms with Gasteiger partial charge in [0.1, 0.15) is 18.3 Å². The third kappa shape index (κ3) is 3.60. The molecule has 0 amide bonds. The molecule has 1 heterocycles. The second-order valence-electron chi connectivity index (χ2n) is 2.70. The smallest absolute Gasteiger partial charge is 0.759 e. The van der Waals surface area contributed by atoms with Crippen LogP contribution < -0.4 is 29.6 Å². The SMILES string of the molecule is O.OC[C@H]1O[C@@H]([S-])[C@H](O)[C@@H](O)[C@@H]1O.[Na+]. The van der Waals surface area contributed by atoms with Gasteiger partial charge < -0.3 is 43.3 Å².